The molecule has 1 amide bonds. The van der Waals surface area contributed by atoms with Gasteiger partial charge in [-0.25, -0.2) is 14.2 Å². The van der Waals surface area contributed by atoms with Crippen molar-refractivity contribution in [1.82, 2.24) is 4.98 Å². The standard InChI is InChI=1S/C22H21FN2O3S/c1-13-9-14(2)20(15(3)10-13)21(27)28-11-17-12-29-22(24-17)25(16(4)26)19-8-6-5-7-18(19)23/h5-10,12H,11H2,1-4H3. The zero-order chi connectivity index (χ0) is 21.1. The van der Waals surface area contributed by atoms with Gasteiger partial charge in [0.05, 0.1) is 16.9 Å². The maximum atomic E-state index is 14.2. The SMILES string of the molecule is CC(=O)N(c1nc(COC(=O)c2c(C)cc(C)cc2C)cs1)c1ccccc1F. The lowest BCUT2D eigenvalue weighted by molar-refractivity contribution is -0.115. The highest BCUT2D eigenvalue weighted by molar-refractivity contribution is 7.14. The summed E-state index contributed by atoms with van der Waals surface area (Å²) in [6.07, 6.45) is 0. The minimum atomic E-state index is -0.517. The monoisotopic (exact) mass is 412 g/mol. The van der Waals surface area contributed by atoms with Crippen LogP contribution in [0.4, 0.5) is 15.2 Å². The molecule has 3 aromatic rings. The number of anilines is 2. The normalized spacial score (nSPS) is 10.7. The molecular formula is C22H21FN2O3S. The maximum absolute atomic E-state index is 14.2. The maximum Gasteiger partial charge on any atom is 0.339 e. The number of hydrogen-bond acceptors (Lipinski definition) is 5. The van der Waals surface area contributed by atoms with Crippen LogP contribution in [0.2, 0.25) is 0 Å². The van der Waals surface area contributed by atoms with Gasteiger partial charge in [0.25, 0.3) is 0 Å². The summed E-state index contributed by atoms with van der Waals surface area (Å²) in [4.78, 5) is 30.2. The van der Waals surface area contributed by atoms with Crippen molar-refractivity contribution >= 4 is 34.0 Å². The topological polar surface area (TPSA) is 59.5 Å². The van der Waals surface area contributed by atoms with E-state index in [0.29, 0.717) is 16.4 Å². The molecule has 0 spiro atoms. The fourth-order valence-corrected chi connectivity index (χ4v) is 4.08. The number of esters is 1. The Hall–Kier alpha value is -3.06. The van der Waals surface area contributed by atoms with E-state index >= 15 is 0 Å². The van der Waals surface area contributed by atoms with E-state index in [2.05, 4.69) is 4.98 Å². The van der Waals surface area contributed by atoms with Gasteiger partial charge in [-0.3, -0.25) is 9.69 Å². The highest BCUT2D eigenvalue weighted by Gasteiger charge is 2.21. The number of carbonyl (C=O) groups is 2. The molecule has 0 aliphatic rings. The van der Waals surface area contributed by atoms with Gasteiger partial charge in [0.2, 0.25) is 5.91 Å². The summed E-state index contributed by atoms with van der Waals surface area (Å²) in [5.41, 5.74) is 3.95. The number of rotatable bonds is 5. The first-order valence-corrected chi connectivity index (χ1v) is 9.90. The third-order valence-corrected chi connectivity index (χ3v) is 5.25. The van der Waals surface area contributed by atoms with E-state index in [4.69, 9.17) is 4.74 Å². The van der Waals surface area contributed by atoms with Crippen molar-refractivity contribution in [2.75, 3.05) is 4.90 Å². The van der Waals surface area contributed by atoms with Crippen LogP contribution in [-0.4, -0.2) is 16.9 Å². The first kappa shape index (κ1) is 20.7. The lowest BCUT2D eigenvalue weighted by Gasteiger charge is -2.18. The molecule has 3 rings (SSSR count). The molecule has 0 bridgehead atoms. The van der Waals surface area contributed by atoms with Gasteiger partial charge in [0.1, 0.15) is 12.4 Å². The van der Waals surface area contributed by atoms with Gasteiger partial charge >= 0.3 is 5.97 Å². The Kier molecular flexibility index (Phi) is 6.08. The van der Waals surface area contributed by atoms with Gasteiger partial charge < -0.3 is 4.74 Å². The first-order valence-electron chi connectivity index (χ1n) is 9.02. The van der Waals surface area contributed by atoms with Crippen molar-refractivity contribution in [1.29, 1.82) is 0 Å². The molecule has 1 aromatic heterocycles. The van der Waals surface area contributed by atoms with Crippen molar-refractivity contribution in [3.63, 3.8) is 0 Å². The molecule has 150 valence electrons. The van der Waals surface area contributed by atoms with Gasteiger partial charge in [-0.05, 0) is 44.0 Å². The molecule has 0 aliphatic heterocycles. The second-order valence-electron chi connectivity index (χ2n) is 6.78. The van der Waals surface area contributed by atoms with Crippen LogP contribution in [-0.2, 0) is 16.1 Å². The summed E-state index contributed by atoms with van der Waals surface area (Å²) in [5.74, 6) is -1.30. The van der Waals surface area contributed by atoms with E-state index in [1.807, 2.05) is 32.9 Å². The van der Waals surface area contributed by atoms with Gasteiger partial charge in [-0.1, -0.05) is 29.8 Å². The van der Waals surface area contributed by atoms with Crippen LogP contribution in [0.25, 0.3) is 0 Å². The molecule has 5 nitrogen and oxygen atoms in total. The number of amides is 1. The lowest BCUT2D eigenvalue weighted by atomic mass is 10.00. The average molecular weight is 412 g/mol. The van der Waals surface area contributed by atoms with Crippen LogP contribution in [0.1, 0.15) is 39.7 Å². The predicted molar refractivity (Wildman–Crippen MR) is 111 cm³/mol. The number of aromatic nitrogens is 1. The molecule has 0 atom stereocenters. The Balaban J connectivity index is 1.77. The Morgan fingerprint density at radius 3 is 2.41 bits per heavy atom. The number of nitrogens with zero attached hydrogens (tertiary/aromatic N) is 2. The fourth-order valence-electron chi connectivity index (χ4n) is 3.22. The molecule has 0 saturated carbocycles. The molecule has 2 aromatic carbocycles. The minimum absolute atomic E-state index is 0.0366. The van der Waals surface area contributed by atoms with Crippen molar-refractivity contribution < 1.29 is 18.7 Å². The summed E-state index contributed by atoms with van der Waals surface area (Å²) in [5, 5.41) is 2.00. The predicted octanol–water partition coefficient (Wildman–Crippen LogP) is 5.25. The molecule has 0 fully saturated rings. The van der Waals surface area contributed by atoms with Gasteiger partial charge in [-0.15, -0.1) is 11.3 Å². The summed E-state index contributed by atoms with van der Waals surface area (Å²) in [6.45, 7) is 7.03. The largest absolute Gasteiger partial charge is 0.456 e. The summed E-state index contributed by atoms with van der Waals surface area (Å²) >= 11 is 1.18. The summed E-state index contributed by atoms with van der Waals surface area (Å²) in [6, 6.07) is 9.87. The van der Waals surface area contributed by atoms with Crippen LogP contribution in [0.5, 0.6) is 0 Å². The number of thiazole rings is 1. The number of aryl methyl sites for hydroxylation is 3. The molecule has 0 unspecified atom stereocenters. The molecule has 1 heterocycles. The number of hydrogen-bond donors (Lipinski definition) is 0. The Morgan fingerprint density at radius 1 is 1.14 bits per heavy atom. The molecule has 7 heteroatoms. The molecule has 0 aliphatic carbocycles. The molecule has 0 N–H and O–H groups in total. The number of benzene rings is 2. The van der Waals surface area contributed by atoms with Crippen molar-refractivity contribution in [3.05, 3.63) is 75.5 Å². The van der Waals surface area contributed by atoms with Gasteiger partial charge in [0, 0.05) is 12.3 Å². The van der Waals surface area contributed by atoms with E-state index in [1.54, 1.807) is 17.5 Å². The summed E-state index contributed by atoms with van der Waals surface area (Å²) < 4.78 is 19.6. The van der Waals surface area contributed by atoms with Crippen LogP contribution in [0, 0.1) is 26.6 Å². The first-order chi connectivity index (χ1) is 13.8. The van der Waals surface area contributed by atoms with Crippen molar-refractivity contribution in [3.8, 4) is 0 Å². The van der Waals surface area contributed by atoms with Gasteiger partial charge in [0.15, 0.2) is 5.13 Å². The smallest absolute Gasteiger partial charge is 0.339 e. The highest BCUT2D eigenvalue weighted by Crippen LogP contribution is 2.31. The molecule has 0 saturated heterocycles. The zero-order valence-electron chi connectivity index (χ0n) is 16.7. The average Bonchev–Trinajstić information content (AvgIpc) is 3.09. The van der Waals surface area contributed by atoms with E-state index in [9.17, 15) is 14.0 Å². The Labute approximate surface area is 172 Å². The molecular weight excluding hydrogens is 391 g/mol. The Morgan fingerprint density at radius 2 is 1.79 bits per heavy atom. The second kappa shape index (κ2) is 8.53. The number of carbonyl (C=O) groups excluding carboxylic acids is 2. The van der Waals surface area contributed by atoms with E-state index in [-0.39, 0.29) is 18.2 Å². The number of halogens is 1. The van der Waals surface area contributed by atoms with Gasteiger partial charge in [-0.2, -0.15) is 0 Å². The third kappa shape index (κ3) is 4.51. The number of para-hydroxylation sites is 1. The minimum Gasteiger partial charge on any atom is -0.456 e. The van der Waals surface area contributed by atoms with E-state index in [0.717, 1.165) is 16.7 Å². The van der Waals surface area contributed by atoms with E-state index in [1.165, 1.54) is 35.3 Å². The Bertz CT molecular complexity index is 1050. The lowest BCUT2D eigenvalue weighted by Crippen LogP contribution is -2.23. The number of ether oxygens (including phenoxy) is 1. The van der Waals surface area contributed by atoms with Crippen molar-refractivity contribution in [2.24, 2.45) is 0 Å². The fraction of sp³-hybridized carbons (Fsp3) is 0.227. The second-order valence-corrected chi connectivity index (χ2v) is 7.61. The zero-order valence-corrected chi connectivity index (χ0v) is 17.5. The van der Waals surface area contributed by atoms with Crippen molar-refractivity contribution in [2.45, 2.75) is 34.3 Å². The molecule has 29 heavy (non-hydrogen) atoms. The third-order valence-electron chi connectivity index (χ3n) is 4.37. The van der Waals surface area contributed by atoms with E-state index < -0.39 is 11.8 Å². The van der Waals surface area contributed by atoms with Crippen LogP contribution >= 0.6 is 11.3 Å². The molecule has 0 radical (unpaired) electrons. The van der Waals surface area contributed by atoms with Crippen LogP contribution < -0.4 is 4.90 Å². The van der Waals surface area contributed by atoms with Crippen LogP contribution in [0.3, 0.4) is 0 Å². The quantitative estimate of drug-likeness (QED) is 0.537. The highest BCUT2D eigenvalue weighted by atomic mass is 32.1. The van der Waals surface area contributed by atoms with Crippen LogP contribution in [0.15, 0.2) is 41.8 Å². The summed E-state index contributed by atoms with van der Waals surface area (Å²) in [7, 11) is 0.